The third-order valence-corrected chi connectivity index (χ3v) is 2.72. The van der Waals surface area contributed by atoms with Crippen LogP contribution < -0.4 is 5.11 Å². The highest BCUT2D eigenvalue weighted by Gasteiger charge is 2.25. The molecule has 0 bridgehead atoms. The Morgan fingerprint density at radius 3 is 2.64 bits per heavy atom. The van der Waals surface area contributed by atoms with Gasteiger partial charge in [0.1, 0.15) is 0 Å². The number of ketones is 1. The lowest BCUT2D eigenvalue weighted by molar-refractivity contribution is -0.309. The van der Waals surface area contributed by atoms with E-state index in [0.717, 1.165) is 17.6 Å². The van der Waals surface area contributed by atoms with Crippen LogP contribution in [0.25, 0.3) is 0 Å². The molecule has 78 valence electrons. The molecule has 0 fully saturated rings. The van der Waals surface area contributed by atoms with E-state index in [1.165, 1.54) is 0 Å². The standard InChI is InChI=1S/C11H16O3/c1-3-4-9-8(5-6-10(9)12)7(2)11(13)14/h7H,3-6H2,1-2H3,(H,13,14)/p-1. The average Bonchev–Trinajstić information content (AvgIpc) is 2.48. The van der Waals surface area contributed by atoms with Crippen LogP contribution in [0.3, 0.4) is 0 Å². The van der Waals surface area contributed by atoms with Crippen LogP contribution in [0.15, 0.2) is 11.1 Å². The molecule has 14 heavy (non-hydrogen) atoms. The van der Waals surface area contributed by atoms with Crippen LogP contribution in [-0.2, 0) is 9.59 Å². The molecule has 0 amide bonds. The van der Waals surface area contributed by atoms with E-state index in [9.17, 15) is 14.7 Å². The van der Waals surface area contributed by atoms with Gasteiger partial charge in [-0.05, 0) is 18.4 Å². The predicted molar refractivity (Wildman–Crippen MR) is 50.3 cm³/mol. The SMILES string of the molecule is CCCC1=C(C(C)C(=O)[O-])CCC1=O. The first kappa shape index (κ1) is 11.0. The molecule has 1 unspecified atom stereocenters. The molecule has 0 heterocycles. The van der Waals surface area contributed by atoms with Crippen LogP contribution in [0.2, 0.25) is 0 Å². The van der Waals surface area contributed by atoms with Crippen LogP contribution in [0.4, 0.5) is 0 Å². The predicted octanol–water partition coefficient (Wildman–Crippen LogP) is 0.832. The van der Waals surface area contributed by atoms with Crippen molar-refractivity contribution in [1.82, 2.24) is 0 Å². The fourth-order valence-corrected chi connectivity index (χ4v) is 1.90. The Morgan fingerprint density at radius 2 is 2.14 bits per heavy atom. The maximum absolute atomic E-state index is 11.4. The first-order chi connectivity index (χ1) is 6.57. The van der Waals surface area contributed by atoms with Crippen molar-refractivity contribution >= 4 is 11.8 Å². The number of carbonyl (C=O) groups is 2. The molecule has 0 aromatic carbocycles. The van der Waals surface area contributed by atoms with Crippen molar-refractivity contribution < 1.29 is 14.7 Å². The molecule has 1 rings (SSSR count). The molecule has 0 spiro atoms. The molecule has 1 atom stereocenters. The Kier molecular flexibility index (Phi) is 3.44. The zero-order valence-corrected chi connectivity index (χ0v) is 8.63. The zero-order chi connectivity index (χ0) is 10.7. The molecule has 0 aromatic rings. The van der Waals surface area contributed by atoms with Gasteiger partial charge in [-0.2, -0.15) is 0 Å². The summed E-state index contributed by atoms with van der Waals surface area (Å²) in [5, 5.41) is 10.7. The number of carboxylic acid groups (broad SMARTS) is 1. The third kappa shape index (κ3) is 2.03. The molecule has 0 radical (unpaired) electrons. The minimum absolute atomic E-state index is 0.120. The van der Waals surface area contributed by atoms with E-state index in [1.807, 2.05) is 6.92 Å². The van der Waals surface area contributed by atoms with Crippen molar-refractivity contribution in [2.75, 3.05) is 0 Å². The van der Waals surface area contributed by atoms with Gasteiger partial charge in [0.15, 0.2) is 5.78 Å². The Bertz CT molecular complexity index is 289. The van der Waals surface area contributed by atoms with Crippen LogP contribution in [0, 0.1) is 5.92 Å². The number of Topliss-reactive ketones (excluding diaryl/α,β-unsaturated/α-hetero) is 1. The summed E-state index contributed by atoms with van der Waals surface area (Å²) in [5.41, 5.74) is 1.53. The lowest BCUT2D eigenvalue weighted by atomic mass is 9.95. The van der Waals surface area contributed by atoms with Gasteiger partial charge in [0.2, 0.25) is 0 Å². The van der Waals surface area contributed by atoms with Crippen molar-refractivity contribution in [3.63, 3.8) is 0 Å². The first-order valence-electron chi connectivity index (χ1n) is 5.03. The van der Waals surface area contributed by atoms with Gasteiger partial charge in [-0.1, -0.05) is 25.8 Å². The van der Waals surface area contributed by atoms with Gasteiger partial charge in [0, 0.05) is 18.3 Å². The number of hydrogen-bond donors (Lipinski definition) is 0. The molecule has 0 saturated carbocycles. The third-order valence-electron chi connectivity index (χ3n) is 2.72. The second-order valence-corrected chi connectivity index (χ2v) is 3.72. The zero-order valence-electron chi connectivity index (χ0n) is 8.63. The number of rotatable bonds is 4. The highest BCUT2D eigenvalue weighted by atomic mass is 16.4. The van der Waals surface area contributed by atoms with E-state index < -0.39 is 11.9 Å². The van der Waals surface area contributed by atoms with Crippen LogP contribution in [0.1, 0.15) is 39.5 Å². The monoisotopic (exact) mass is 195 g/mol. The molecule has 0 N–H and O–H groups in total. The van der Waals surface area contributed by atoms with E-state index >= 15 is 0 Å². The van der Waals surface area contributed by atoms with Crippen molar-refractivity contribution in [2.45, 2.75) is 39.5 Å². The summed E-state index contributed by atoms with van der Waals surface area (Å²) in [6.07, 6.45) is 2.65. The summed E-state index contributed by atoms with van der Waals surface area (Å²) in [4.78, 5) is 22.1. The maximum atomic E-state index is 11.4. The van der Waals surface area contributed by atoms with Crippen molar-refractivity contribution in [3.8, 4) is 0 Å². The summed E-state index contributed by atoms with van der Waals surface area (Å²) in [6, 6.07) is 0. The van der Waals surface area contributed by atoms with Crippen LogP contribution >= 0.6 is 0 Å². The summed E-state index contributed by atoms with van der Waals surface area (Å²) in [5.74, 6) is -1.57. The number of allylic oxidation sites excluding steroid dienone is 1. The number of hydrogen-bond acceptors (Lipinski definition) is 3. The van der Waals surface area contributed by atoms with Gasteiger partial charge in [-0.3, -0.25) is 4.79 Å². The second-order valence-electron chi connectivity index (χ2n) is 3.72. The Balaban J connectivity index is 2.92. The summed E-state index contributed by atoms with van der Waals surface area (Å²) in [6.45, 7) is 3.58. The number of carbonyl (C=O) groups excluding carboxylic acids is 2. The van der Waals surface area contributed by atoms with Crippen molar-refractivity contribution in [3.05, 3.63) is 11.1 Å². The van der Waals surface area contributed by atoms with Gasteiger partial charge >= 0.3 is 0 Å². The number of carboxylic acids is 1. The highest BCUT2D eigenvalue weighted by Crippen LogP contribution is 2.31. The van der Waals surface area contributed by atoms with Gasteiger partial charge in [0.25, 0.3) is 0 Å². The van der Waals surface area contributed by atoms with E-state index in [-0.39, 0.29) is 5.78 Å². The summed E-state index contributed by atoms with van der Waals surface area (Å²) < 4.78 is 0. The van der Waals surface area contributed by atoms with Gasteiger partial charge in [0.05, 0.1) is 0 Å². The Labute approximate surface area is 83.8 Å². The van der Waals surface area contributed by atoms with Crippen LogP contribution in [0.5, 0.6) is 0 Å². The molecular formula is C11H15O3-. The van der Waals surface area contributed by atoms with E-state index in [1.54, 1.807) is 6.92 Å². The quantitative estimate of drug-likeness (QED) is 0.667. The fraction of sp³-hybridized carbons (Fsp3) is 0.636. The fourth-order valence-electron chi connectivity index (χ4n) is 1.90. The molecule has 1 aliphatic rings. The lowest BCUT2D eigenvalue weighted by Gasteiger charge is -2.15. The van der Waals surface area contributed by atoms with Gasteiger partial charge in [-0.15, -0.1) is 0 Å². The molecule has 3 heteroatoms. The van der Waals surface area contributed by atoms with Gasteiger partial charge < -0.3 is 9.90 Å². The molecule has 3 nitrogen and oxygen atoms in total. The minimum atomic E-state index is -1.08. The second kappa shape index (κ2) is 4.40. The molecule has 0 saturated heterocycles. The van der Waals surface area contributed by atoms with Crippen LogP contribution in [-0.4, -0.2) is 11.8 Å². The lowest BCUT2D eigenvalue weighted by Crippen LogP contribution is -2.30. The maximum Gasteiger partial charge on any atom is 0.159 e. The van der Waals surface area contributed by atoms with E-state index in [4.69, 9.17) is 0 Å². The summed E-state index contributed by atoms with van der Waals surface area (Å²) in [7, 11) is 0. The molecule has 0 aliphatic heterocycles. The van der Waals surface area contributed by atoms with Gasteiger partial charge in [-0.25, -0.2) is 0 Å². The largest absolute Gasteiger partial charge is 0.550 e. The Morgan fingerprint density at radius 1 is 1.50 bits per heavy atom. The topological polar surface area (TPSA) is 57.2 Å². The average molecular weight is 195 g/mol. The molecule has 0 aromatic heterocycles. The summed E-state index contributed by atoms with van der Waals surface area (Å²) >= 11 is 0. The first-order valence-corrected chi connectivity index (χ1v) is 5.03. The minimum Gasteiger partial charge on any atom is -0.550 e. The highest BCUT2D eigenvalue weighted by molar-refractivity contribution is 5.99. The normalized spacial score (nSPS) is 18.9. The smallest absolute Gasteiger partial charge is 0.159 e. The van der Waals surface area contributed by atoms with Crippen molar-refractivity contribution in [1.29, 1.82) is 0 Å². The van der Waals surface area contributed by atoms with Crippen molar-refractivity contribution in [2.24, 2.45) is 5.92 Å². The Hall–Kier alpha value is -1.12. The van der Waals surface area contributed by atoms with E-state index in [0.29, 0.717) is 19.3 Å². The van der Waals surface area contributed by atoms with E-state index in [2.05, 4.69) is 0 Å². The molecule has 1 aliphatic carbocycles. The number of aliphatic carboxylic acids is 1. The molecular weight excluding hydrogens is 180 g/mol.